The van der Waals surface area contributed by atoms with E-state index in [4.69, 9.17) is 15.3 Å². The zero-order valence-corrected chi connectivity index (χ0v) is 10.4. The summed E-state index contributed by atoms with van der Waals surface area (Å²) in [6.45, 7) is 0. The normalized spacial score (nSPS) is 10.3. The molecule has 0 aliphatic heterocycles. The van der Waals surface area contributed by atoms with Crippen molar-refractivity contribution in [2.45, 2.75) is 12.5 Å². The predicted molar refractivity (Wildman–Crippen MR) is 37.4 cm³/mol. The van der Waals surface area contributed by atoms with E-state index in [-0.39, 0.29) is 59.1 Å². The molecule has 0 aliphatic carbocycles. The van der Waals surface area contributed by atoms with Crippen LogP contribution in [0.15, 0.2) is 0 Å². The van der Waals surface area contributed by atoms with Crippen molar-refractivity contribution < 1.29 is 24.9 Å². The van der Waals surface area contributed by atoms with Gasteiger partial charge < -0.3 is 15.3 Å². The minimum Gasteiger partial charge on any atom is -0.481 e. The molecule has 0 saturated heterocycles. The van der Waals surface area contributed by atoms with E-state index in [2.05, 4.69) is 0 Å². The first-order chi connectivity index (χ1) is 4.04. The second-order valence-electron chi connectivity index (χ2n) is 1.45. The molecule has 0 spiro atoms. The summed E-state index contributed by atoms with van der Waals surface area (Å²) in [4.78, 5) is 19.4. The van der Waals surface area contributed by atoms with Crippen LogP contribution in [-0.4, -0.2) is 92.5 Å². The monoisotopic (exact) mass is 180 g/mol. The molecule has 0 bridgehead atoms. The molecule has 0 aromatic rings. The summed E-state index contributed by atoms with van der Waals surface area (Å²) in [5.74, 6) is -2.85. The van der Waals surface area contributed by atoms with E-state index < -0.39 is 24.5 Å². The van der Waals surface area contributed by atoms with Gasteiger partial charge in [0.1, 0.15) is 0 Å². The number of hydrogen-bond acceptors (Lipinski definition) is 3. The summed E-state index contributed by atoms with van der Waals surface area (Å²) in [6.07, 6.45) is -2.54. The molecule has 1 unspecified atom stereocenters. The maximum absolute atomic E-state index is 9.72. The number of aliphatic carboxylic acids is 2. The Morgan fingerprint density at radius 3 is 1.64 bits per heavy atom. The first-order valence-electron chi connectivity index (χ1n) is 2.16. The van der Waals surface area contributed by atoms with Crippen molar-refractivity contribution in [1.29, 1.82) is 0 Å². The number of aliphatic hydroxyl groups is 1. The molecule has 54 valence electrons. The molecule has 0 fully saturated rings. The van der Waals surface area contributed by atoms with E-state index in [0.29, 0.717) is 0 Å². The fourth-order valence-corrected chi connectivity index (χ4v) is 0.253. The molecule has 0 heterocycles. The Hall–Kier alpha value is 0.900. The molecule has 3 N–H and O–H groups in total. The molecule has 0 aromatic heterocycles. The van der Waals surface area contributed by atoms with Crippen molar-refractivity contribution in [3.8, 4) is 0 Å². The topological polar surface area (TPSA) is 94.8 Å². The largest absolute Gasteiger partial charge is 0.481 e. The van der Waals surface area contributed by atoms with Crippen LogP contribution in [0, 0.1) is 0 Å². The maximum atomic E-state index is 9.72. The Kier molecular flexibility index (Phi) is 14.6. The summed E-state index contributed by atoms with van der Waals surface area (Å²) in [5.41, 5.74) is 0. The molecular formula is C4H6Na2O5. The fourth-order valence-electron chi connectivity index (χ4n) is 0.253. The summed E-state index contributed by atoms with van der Waals surface area (Å²) < 4.78 is 0. The first kappa shape index (κ1) is 17.8. The summed E-state index contributed by atoms with van der Waals surface area (Å²) >= 11 is 0. The van der Waals surface area contributed by atoms with E-state index in [9.17, 15) is 9.59 Å². The van der Waals surface area contributed by atoms with Gasteiger partial charge in [0.15, 0.2) is 6.10 Å². The Labute approximate surface area is 107 Å². The van der Waals surface area contributed by atoms with Crippen molar-refractivity contribution in [2.24, 2.45) is 0 Å². The van der Waals surface area contributed by atoms with Gasteiger partial charge in [-0.15, -0.1) is 0 Å². The van der Waals surface area contributed by atoms with Crippen LogP contribution in [0.25, 0.3) is 0 Å². The fraction of sp³-hybridized carbons (Fsp3) is 0.500. The molecule has 2 radical (unpaired) electrons. The van der Waals surface area contributed by atoms with E-state index in [1.165, 1.54) is 0 Å². The average molecular weight is 180 g/mol. The number of aliphatic hydroxyl groups excluding tert-OH is 1. The van der Waals surface area contributed by atoms with Gasteiger partial charge in [-0.05, 0) is 0 Å². The number of carbonyl (C=O) groups is 2. The smallest absolute Gasteiger partial charge is 0.333 e. The van der Waals surface area contributed by atoms with E-state index in [0.717, 1.165) is 0 Å². The zero-order chi connectivity index (χ0) is 7.44. The second-order valence-corrected chi connectivity index (χ2v) is 1.45. The number of hydrogen-bond donors (Lipinski definition) is 3. The van der Waals surface area contributed by atoms with E-state index in [1.54, 1.807) is 0 Å². The van der Waals surface area contributed by atoms with Crippen molar-refractivity contribution in [3.05, 3.63) is 0 Å². The van der Waals surface area contributed by atoms with Gasteiger partial charge in [-0.3, -0.25) is 4.79 Å². The van der Waals surface area contributed by atoms with Crippen LogP contribution >= 0.6 is 0 Å². The van der Waals surface area contributed by atoms with E-state index in [1.807, 2.05) is 0 Å². The third-order valence-corrected chi connectivity index (χ3v) is 0.653. The van der Waals surface area contributed by atoms with E-state index >= 15 is 0 Å². The molecule has 7 heteroatoms. The van der Waals surface area contributed by atoms with Crippen molar-refractivity contribution in [1.82, 2.24) is 0 Å². The quantitative estimate of drug-likeness (QED) is 0.443. The van der Waals surface area contributed by atoms with Gasteiger partial charge in [-0.2, -0.15) is 0 Å². The molecule has 11 heavy (non-hydrogen) atoms. The number of carboxylic acids is 2. The first-order valence-corrected chi connectivity index (χ1v) is 2.16. The molecule has 0 amide bonds. The average Bonchev–Trinajstić information content (AvgIpc) is 1.63. The molecule has 0 saturated carbocycles. The van der Waals surface area contributed by atoms with Gasteiger partial charge in [0.2, 0.25) is 0 Å². The van der Waals surface area contributed by atoms with Gasteiger partial charge in [-0.1, -0.05) is 0 Å². The minimum absolute atomic E-state index is 0. The SMILES string of the molecule is O=C(O)CC(O)C(=O)O.[Na].[Na]. The maximum Gasteiger partial charge on any atom is 0.333 e. The van der Waals surface area contributed by atoms with Crippen LogP contribution in [0.2, 0.25) is 0 Å². The standard InChI is InChI=1S/C4H6O5.2Na/c5-2(4(8)9)1-3(6)7;;/h2,5H,1H2,(H,6,7)(H,8,9);;. The second kappa shape index (κ2) is 8.99. The molecule has 0 aromatic carbocycles. The summed E-state index contributed by atoms with van der Waals surface area (Å²) in [6, 6.07) is 0. The third-order valence-electron chi connectivity index (χ3n) is 0.653. The van der Waals surface area contributed by atoms with Gasteiger partial charge in [0.25, 0.3) is 0 Å². The Balaban J connectivity index is -0.000000320. The predicted octanol–water partition coefficient (Wildman–Crippen LogP) is -1.85. The summed E-state index contributed by atoms with van der Waals surface area (Å²) in [7, 11) is 0. The molecule has 5 nitrogen and oxygen atoms in total. The number of carboxylic acid groups (broad SMARTS) is 2. The van der Waals surface area contributed by atoms with Gasteiger partial charge in [0, 0.05) is 59.1 Å². The molecular weight excluding hydrogens is 174 g/mol. The third kappa shape index (κ3) is 10.9. The van der Waals surface area contributed by atoms with Crippen LogP contribution in [0.3, 0.4) is 0 Å². The summed E-state index contributed by atoms with van der Waals surface area (Å²) in [5, 5.41) is 24.1. The number of rotatable bonds is 3. The molecule has 0 rings (SSSR count). The van der Waals surface area contributed by atoms with Crippen molar-refractivity contribution in [2.75, 3.05) is 0 Å². The van der Waals surface area contributed by atoms with Crippen molar-refractivity contribution in [3.63, 3.8) is 0 Å². The van der Waals surface area contributed by atoms with Crippen molar-refractivity contribution >= 4 is 71.1 Å². The van der Waals surface area contributed by atoms with Gasteiger partial charge in [-0.25, -0.2) is 4.79 Å². The van der Waals surface area contributed by atoms with Crippen LogP contribution in [0.5, 0.6) is 0 Å². The van der Waals surface area contributed by atoms with Gasteiger partial charge >= 0.3 is 11.9 Å². The Bertz CT molecular complexity index is 136. The van der Waals surface area contributed by atoms with Crippen LogP contribution < -0.4 is 0 Å². The zero-order valence-electron chi connectivity index (χ0n) is 6.44. The molecule has 1 atom stereocenters. The van der Waals surface area contributed by atoms with Crippen LogP contribution in [-0.2, 0) is 9.59 Å². The van der Waals surface area contributed by atoms with Gasteiger partial charge in [0.05, 0.1) is 6.42 Å². The Morgan fingerprint density at radius 2 is 1.55 bits per heavy atom. The molecule has 0 aliphatic rings. The van der Waals surface area contributed by atoms with Crippen LogP contribution in [0.1, 0.15) is 6.42 Å². The van der Waals surface area contributed by atoms with Crippen LogP contribution in [0.4, 0.5) is 0 Å². The Morgan fingerprint density at radius 1 is 1.18 bits per heavy atom. The minimum atomic E-state index is -1.79.